The van der Waals surface area contributed by atoms with Gasteiger partial charge in [0, 0.05) is 5.92 Å². The monoisotopic (exact) mass is 212 g/mol. The molecule has 0 aliphatic rings. The first kappa shape index (κ1) is 10.9. The largest absolute Gasteiger partial charge is 0.388 e. The molecule has 0 spiro atoms. The first-order valence-electron chi connectivity index (χ1n) is 5.57. The van der Waals surface area contributed by atoms with E-state index < -0.39 is 6.10 Å². The van der Waals surface area contributed by atoms with Crippen molar-refractivity contribution in [3.63, 3.8) is 0 Å². The van der Waals surface area contributed by atoms with Crippen molar-refractivity contribution >= 4 is 0 Å². The molecule has 1 N–H and O–H groups in total. The third-order valence-electron chi connectivity index (χ3n) is 2.94. The summed E-state index contributed by atoms with van der Waals surface area (Å²) in [5.41, 5.74) is 2.14. The first-order valence-corrected chi connectivity index (χ1v) is 5.57. The van der Waals surface area contributed by atoms with Gasteiger partial charge in [0.25, 0.3) is 0 Å². The van der Waals surface area contributed by atoms with E-state index in [1.54, 1.807) is 0 Å². The van der Waals surface area contributed by atoms with Gasteiger partial charge in [-0.1, -0.05) is 67.6 Å². The average Bonchev–Trinajstić information content (AvgIpc) is 2.39. The molecule has 0 radical (unpaired) electrons. The Bertz CT molecular complexity index is 378. The van der Waals surface area contributed by atoms with Gasteiger partial charge in [0.2, 0.25) is 0 Å². The summed E-state index contributed by atoms with van der Waals surface area (Å²) in [5.74, 6) is 0.114. The van der Waals surface area contributed by atoms with Crippen LogP contribution in [0.4, 0.5) is 0 Å². The summed E-state index contributed by atoms with van der Waals surface area (Å²) in [6.07, 6.45) is -0.441. The Hall–Kier alpha value is -1.60. The highest BCUT2D eigenvalue weighted by molar-refractivity contribution is 5.25. The van der Waals surface area contributed by atoms with Gasteiger partial charge in [0.1, 0.15) is 0 Å². The Morgan fingerprint density at radius 2 is 1.19 bits per heavy atom. The van der Waals surface area contributed by atoms with E-state index in [2.05, 4.69) is 12.1 Å². The highest BCUT2D eigenvalue weighted by Gasteiger charge is 2.17. The molecule has 0 aliphatic heterocycles. The summed E-state index contributed by atoms with van der Waals surface area (Å²) < 4.78 is 0. The van der Waals surface area contributed by atoms with Gasteiger partial charge in [-0.05, 0) is 11.1 Å². The number of aliphatic hydroxyl groups is 1. The van der Waals surface area contributed by atoms with Crippen molar-refractivity contribution in [2.24, 2.45) is 0 Å². The molecule has 2 rings (SSSR count). The van der Waals surface area contributed by atoms with E-state index in [1.165, 1.54) is 5.56 Å². The van der Waals surface area contributed by atoms with Crippen LogP contribution in [0.2, 0.25) is 0 Å². The van der Waals surface area contributed by atoms with Crippen LogP contribution in [0.1, 0.15) is 30.1 Å². The zero-order chi connectivity index (χ0) is 11.4. The van der Waals surface area contributed by atoms with E-state index >= 15 is 0 Å². The maximum absolute atomic E-state index is 10.2. The highest BCUT2D eigenvalue weighted by atomic mass is 16.3. The van der Waals surface area contributed by atoms with Gasteiger partial charge in [-0.2, -0.15) is 0 Å². The Morgan fingerprint density at radius 3 is 1.69 bits per heavy atom. The van der Waals surface area contributed by atoms with Gasteiger partial charge in [-0.3, -0.25) is 0 Å². The molecule has 82 valence electrons. The molecule has 2 aromatic carbocycles. The van der Waals surface area contributed by atoms with Crippen LogP contribution in [-0.2, 0) is 0 Å². The van der Waals surface area contributed by atoms with Gasteiger partial charge in [-0.15, -0.1) is 0 Å². The molecule has 0 unspecified atom stereocenters. The van der Waals surface area contributed by atoms with Gasteiger partial charge in [0.05, 0.1) is 6.10 Å². The molecule has 0 saturated heterocycles. The van der Waals surface area contributed by atoms with Gasteiger partial charge in [0.15, 0.2) is 0 Å². The van der Waals surface area contributed by atoms with E-state index in [4.69, 9.17) is 0 Å². The quantitative estimate of drug-likeness (QED) is 0.825. The SMILES string of the molecule is C[C@H](c1ccccc1)[C@H](O)c1ccccc1. The molecule has 1 heteroatoms. The topological polar surface area (TPSA) is 20.2 Å². The second-order valence-electron chi connectivity index (χ2n) is 4.05. The maximum Gasteiger partial charge on any atom is 0.0855 e. The summed E-state index contributed by atoms with van der Waals surface area (Å²) in [7, 11) is 0. The Morgan fingerprint density at radius 1 is 0.750 bits per heavy atom. The lowest BCUT2D eigenvalue weighted by Gasteiger charge is -2.19. The third kappa shape index (κ3) is 2.31. The van der Waals surface area contributed by atoms with Crippen molar-refractivity contribution in [1.82, 2.24) is 0 Å². The summed E-state index contributed by atoms with van der Waals surface area (Å²) in [4.78, 5) is 0. The minimum atomic E-state index is -0.441. The van der Waals surface area contributed by atoms with Crippen LogP contribution in [0.3, 0.4) is 0 Å². The molecule has 0 amide bonds. The molecule has 2 atom stereocenters. The maximum atomic E-state index is 10.2. The fourth-order valence-corrected chi connectivity index (χ4v) is 1.88. The summed E-state index contributed by atoms with van der Waals surface area (Å²) in [6.45, 7) is 2.05. The molecule has 0 saturated carbocycles. The van der Waals surface area contributed by atoms with Crippen molar-refractivity contribution < 1.29 is 5.11 Å². The summed E-state index contributed by atoms with van der Waals surface area (Å²) in [5, 5.41) is 10.2. The molecular formula is C15H16O. The van der Waals surface area contributed by atoms with Crippen LogP contribution in [0.5, 0.6) is 0 Å². The van der Waals surface area contributed by atoms with Crippen LogP contribution in [-0.4, -0.2) is 5.11 Å². The minimum absolute atomic E-state index is 0.114. The van der Waals surface area contributed by atoms with Crippen molar-refractivity contribution in [1.29, 1.82) is 0 Å². The van der Waals surface area contributed by atoms with Crippen LogP contribution in [0, 0.1) is 0 Å². The normalized spacial score (nSPS) is 14.4. The molecule has 16 heavy (non-hydrogen) atoms. The second-order valence-corrected chi connectivity index (χ2v) is 4.05. The number of aliphatic hydroxyl groups excluding tert-OH is 1. The lowest BCUT2D eigenvalue weighted by molar-refractivity contribution is 0.151. The van der Waals surface area contributed by atoms with E-state index in [9.17, 15) is 5.11 Å². The Labute approximate surface area is 96.4 Å². The van der Waals surface area contributed by atoms with E-state index in [0.717, 1.165) is 5.56 Å². The predicted molar refractivity (Wildman–Crippen MR) is 66.3 cm³/mol. The molecule has 0 fully saturated rings. The molecular weight excluding hydrogens is 196 g/mol. The van der Waals surface area contributed by atoms with Crippen LogP contribution in [0.15, 0.2) is 60.7 Å². The summed E-state index contributed by atoms with van der Waals surface area (Å²) in [6, 6.07) is 19.9. The Kier molecular flexibility index (Phi) is 3.37. The van der Waals surface area contributed by atoms with Crippen molar-refractivity contribution in [2.45, 2.75) is 18.9 Å². The number of hydrogen-bond donors (Lipinski definition) is 1. The van der Waals surface area contributed by atoms with Crippen molar-refractivity contribution in [2.75, 3.05) is 0 Å². The van der Waals surface area contributed by atoms with E-state index in [1.807, 2.05) is 55.5 Å². The number of rotatable bonds is 3. The van der Waals surface area contributed by atoms with Crippen LogP contribution >= 0.6 is 0 Å². The highest BCUT2D eigenvalue weighted by Crippen LogP contribution is 2.29. The predicted octanol–water partition coefficient (Wildman–Crippen LogP) is 3.52. The van der Waals surface area contributed by atoms with Crippen LogP contribution in [0.25, 0.3) is 0 Å². The molecule has 1 nitrogen and oxygen atoms in total. The van der Waals surface area contributed by atoms with Crippen LogP contribution < -0.4 is 0 Å². The van der Waals surface area contributed by atoms with Crippen molar-refractivity contribution in [3.05, 3.63) is 71.8 Å². The molecule has 2 aromatic rings. The molecule has 0 bridgehead atoms. The molecule has 0 aromatic heterocycles. The fraction of sp³-hybridized carbons (Fsp3) is 0.200. The summed E-state index contributed by atoms with van der Waals surface area (Å²) >= 11 is 0. The standard InChI is InChI=1S/C15H16O/c1-12(13-8-4-2-5-9-13)15(16)14-10-6-3-7-11-14/h2-12,15-16H,1H3/t12-,15+/m1/s1. The zero-order valence-electron chi connectivity index (χ0n) is 9.38. The van der Waals surface area contributed by atoms with E-state index in [-0.39, 0.29) is 5.92 Å². The van der Waals surface area contributed by atoms with Gasteiger partial charge >= 0.3 is 0 Å². The Balaban J connectivity index is 2.20. The first-order chi connectivity index (χ1) is 7.79. The average molecular weight is 212 g/mol. The number of hydrogen-bond acceptors (Lipinski definition) is 1. The molecule has 0 heterocycles. The smallest absolute Gasteiger partial charge is 0.0855 e. The third-order valence-corrected chi connectivity index (χ3v) is 2.94. The second kappa shape index (κ2) is 4.95. The molecule has 0 aliphatic carbocycles. The minimum Gasteiger partial charge on any atom is -0.388 e. The fourth-order valence-electron chi connectivity index (χ4n) is 1.88. The van der Waals surface area contributed by atoms with Gasteiger partial charge < -0.3 is 5.11 Å². The van der Waals surface area contributed by atoms with Gasteiger partial charge in [-0.25, -0.2) is 0 Å². The zero-order valence-corrected chi connectivity index (χ0v) is 9.38. The lowest BCUT2D eigenvalue weighted by Crippen LogP contribution is -2.07. The number of benzene rings is 2. The van der Waals surface area contributed by atoms with E-state index in [0.29, 0.717) is 0 Å². The lowest BCUT2D eigenvalue weighted by atomic mass is 9.91. The van der Waals surface area contributed by atoms with Crippen molar-refractivity contribution in [3.8, 4) is 0 Å².